The highest BCUT2D eigenvalue weighted by atomic mass is 35.5. The molecule has 1 aliphatic carbocycles. The fourth-order valence-corrected chi connectivity index (χ4v) is 9.91. The highest BCUT2D eigenvalue weighted by Crippen LogP contribution is 2.55. The van der Waals surface area contributed by atoms with E-state index in [0.29, 0.717) is 78.0 Å². The van der Waals surface area contributed by atoms with E-state index in [0.717, 1.165) is 29.7 Å². The molecule has 0 spiro atoms. The zero-order valence-electron chi connectivity index (χ0n) is 35.6. The van der Waals surface area contributed by atoms with Gasteiger partial charge in [-0.1, -0.05) is 39.3 Å². The van der Waals surface area contributed by atoms with Gasteiger partial charge < -0.3 is 24.6 Å². The summed E-state index contributed by atoms with van der Waals surface area (Å²) in [5, 5.41) is 22.0. The minimum Gasteiger partial charge on any atom is -0.489 e. The number of benzene rings is 2. The van der Waals surface area contributed by atoms with Crippen LogP contribution in [0.5, 0.6) is 11.8 Å². The van der Waals surface area contributed by atoms with Crippen LogP contribution in [0.3, 0.4) is 0 Å². The van der Waals surface area contributed by atoms with Crippen LogP contribution in [0, 0.1) is 22.2 Å². The lowest BCUT2D eigenvalue weighted by Crippen LogP contribution is -2.74. The maximum Gasteiger partial charge on any atom is 0.316 e. The van der Waals surface area contributed by atoms with Gasteiger partial charge in [0.1, 0.15) is 17.9 Å². The van der Waals surface area contributed by atoms with Gasteiger partial charge in [-0.2, -0.15) is 15.5 Å². The van der Waals surface area contributed by atoms with Crippen molar-refractivity contribution in [3.63, 3.8) is 0 Å². The quantitative estimate of drug-likeness (QED) is 0.124. The van der Waals surface area contributed by atoms with Gasteiger partial charge in [-0.3, -0.25) is 19.0 Å². The Labute approximate surface area is 363 Å². The Bertz CT molecular complexity index is 2550. The first kappa shape index (κ1) is 42.6. The molecule has 2 aliphatic heterocycles. The van der Waals surface area contributed by atoms with Gasteiger partial charge in [0.25, 0.3) is 12.3 Å². The Kier molecular flexibility index (Phi) is 11.4. The van der Waals surface area contributed by atoms with Gasteiger partial charge in [-0.25, -0.2) is 18.7 Å². The first-order valence-corrected chi connectivity index (χ1v) is 21.1. The highest BCUT2D eigenvalue weighted by molar-refractivity contribution is 6.31. The summed E-state index contributed by atoms with van der Waals surface area (Å²) in [5.74, 6) is 0.872. The number of amides is 2. The molecule has 0 bridgehead atoms. The van der Waals surface area contributed by atoms with Crippen LogP contribution in [0.15, 0.2) is 55.1 Å². The number of halogens is 3. The van der Waals surface area contributed by atoms with Crippen molar-refractivity contribution < 1.29 is 27.8 Å². The van der Waals surface area contributed by atoms with E-state index in [1.807, 2.05) is 43.3 Å². The monoisotopic (exact) mass is 866 g/mol. The second-order valence-electron chi connectivity index (χ2n) is 17.4. The van der Waals surface area contributed by atoms with Crippen LogP contribution < -0.4 is 19.7 Å². The summed E-state index contributed by atoms with van der Waals surface area (Å²) in [6.07, 6.45) is 5.99. The third-order valence-corrected chi connectivity index (χ3v) is 12.8. The second kappa shape index (κ2) is 16.7. The van der Waals surface area contributed by atoms with Gasteiger partial charge in [0.2, 0.25) is 5.91 Å². The lowest BCUT2D eigenvalue weighted by atomic mass is 9.49. The van der Waals surface area contributed by atoms with Crippen molar-refractivity contribution in [1.82, 2.24) is 39.7 Å². The number of hydrogen-bond donors (Lipinski definition) is 1. The molecule has 1 fully saturated rings. The standard InChI is InChI=1S/C45H49ClF2N10O4/c1-26(59)56-15-12-36-34(25-56)39(57-13-7-9-27-17-32(30-23-52-55(6)24-30)33(38(47)48)19-37(27)57)54-58(36)14-8-16-61-43-50-21-29(22-51-43)40(60)53-41-44(2,3)42(45(41,4)5)62-31-11-10-28(20-49)35(46)18-31/h10-11,17-19,21-24,38,41-42H,7-9,12-16,25H2,1-6H3,(H,53,60). The Morgan fingerprint density at radius 3 is 2.48 bits per heavy atom. The number of nitrogens with zero attached hydrogens (tertiary/aromatic N) is 9. The van der Waals surface area contributed by atoms with E-state index in [1.165, 1.54) is 12.4 Å². The van der Waals surface area contributed by atoms with Crippen LogP contribution in [-0.2, 0) is 37.8 Å². The molecule has 62 heavy (non-hydrogen) atoms. The zero-order chi connectivity index (χ0) is 44.1. The summed E-state index contributed by atoms with van der Waals surface area (Å²) >= 11 is 6.24. The summed E-state index contributed by atoms with van der Waals surface area (Å²) in [5.41, 5.74) is 4.42. The molecule has 5 aromatic rings. The van der Waals surface area contributed by atoms with Gasteiger partial charge in [0.15, 0.2) is 5.82 Å². The molecule has 0 saturated heterocycles. The predicted octanol–water partition coefficient (Wildman–Crippen LogP) is 7.61. The molecule has 0 unspecified atom stereocenters. The lowest BCUT2D eigenvalue weighted by Gasteiger charge is -2.63. The number of aromatic nitrogens is 6. The van der Waals surface area contributed by atoms with E-state index >= 15 is 0 Å². The number of aryl methyl sites for hydroxylation is 3. The molecule has 0 radical (unpaired) electrons. The fraction of sp³-hybridized carbons (Fsp3) is 0.444. The number of rotatable bonds is 12. The molecule has 14 nitrogen and oxygen atoms in total. The van der Waals surface area contributed by atoms with Crippen molar-refractivity contribution in [1.29, 1.82) is 5.26 Å². The van der Waals surface area contributed by atoms with Crippen molar-refractivity contribution in [2.75, 3.05) is 24.6 Å². The predicted molar refractivity (Wildman–Crippen MR) is 227 cm³/mol. The summed E-state index contributed by atoms with van der Waals surface area (Å²) in [4.78, 5) is 38.4. The van der Waals surface area contributed by atoms with Crippen LogP contribution in [0.25, 0.3) is 11.1 Å². The molecule has 2 aromatic carbocycles. The average Bonchev–Trinajstić information content (AvgIpc) is 3.85. The summed E-state index contributed by atoms with van der Waals surface area (Å²) in [6.45, 7) is 12.0. The van der Waals surface area contributed by atoms with E-state index in [9.17, 15) is 23.6 Å². The number of nitrogens with one attached hydrogen (secondary N) is 1. The van der Waals surface area contributed by atoms with Crippen molar-refractivity contribution in [2.24, 2.45) is 17.9 Å². The molecule has 17 heteroatoms. The normalized spacial score (nSPS) is 18.7. The number of alkyl halides is 2. The largest absolute Gasteiger partial charge is 0.489 e. The van der Waals surface area contributed by atoms with E-state index in [-0.39, 0.29) is 47.7 Å². The third kappa shape index (κ3) is 7.94. The highest BCUT2D eigenvalue weighted by Gasteiger charge is 2.64. The maximum atomic E-state index is 14.6. The molecule has 1 saturated carbocycles. The molecule has 324 valence electrons. The minimum atomic E-state index is -2.69. The number of carbonyl (C=O) groups is 2. The number of fused-ring (bicyclic) bond motifs is 2. The molecule has 8 rings (SSSR count). The second-order valence-corrected chi connectivity index (χ2v) is 17.9. The van der Waals surface area contributed by atoms with Crippen molar-refractivity contribution in [3.8, 4) is 29.0 Å². The molecule has 3 aromatic heterocycles. The van der Waals surface area contributed by atoms with Gasteiger partial charge in [-0.05, 0) is 48.2 Å². The molecule has 0 atom stereocenters. The first-order valence-electron chi connectivity index (χ1n) is 20.7. The Morgan fingerprint density at radius 2 is 1.82 bits per heavy atom. The lowest BCUT2D eigenvalue weighted by molar-refractivity contribution is -0.164. The molecule has 2 amide bonds. The van der Waals surface area contributed by atoms with E-state index in [1.54, 1.807) is 60.2 Å². The molecule has 3 aliphatic rings. The smallest absolute Gasteiger partial charge is 0.316 e. The SMILES string of the molecule is CC(=O)N1CCc2c(c(N3CCCc4cc(-c5cnn(C)c5)c(C(F)F)cc43)nn2CCCOc2ncc(C(=O)NC3C(C)(C)C(Oc4ccc(C#N)c(Cl)c4)C3(C)C)cn2)C1. The van der Waals surface area contributed by atoms with Crippen molar-refractivity contribution in [3.05, 3.63) is 93.7 Å². The van der Waals surface area contributed by atoms with E-state index in [2.05, 4.69) is 26.5 Å². The van der Waals surface area contributed by atoms with Gasteiger partial charge in [-0.15, -0.1) is 0 Å². The summed E-state index contributed by atoms with van der Waals surface area (Å²) < 4.78 is 45.1. The number of carbonyl (C=O) groups excluding carboxylic acids is 2. The maximum absolute atomic E-state index is 14.6. The number of ether oxygens (including phenoxy) is 2. The number of nitriles is 1. The number of anilines is 2. The van der Waals surface area contributed by atoms with Crippen molar-refractivity contribution >= 4 is 34.9 Å². The molecule has 5 heterocycles. The Balaban J connectivity index is 0.921. The summed E-state index contributed by atoms with van der Waals surface area (Å²) in [6, 6.07) is 10.4. The van der Waals surface area contributed by atoms with Gasteiger partial charge >= 0.3 is 6.01 Å². The zero-order valence-corrected chi connectivity index (χ0v) is 36.3. The van der Waals surface area contributed by atoms with E-state index < -0.39 is 17.3 Å². The van der Waals surface area contributed by atoms with Crippen molar-refractivity contribution in [2.45, 2.75) is 92.0 Å². The van der Waals surface area contributed by atoms with Crippen LogP contribution in [0.4, 0.5) is 20.3 Å². The first-order chi connectivity index (χ1) is 29.6. The van der Waals surface area contributed by atoms with Crippen LogP contribution in [-0.4, -0.2) is 78.1 Å². The minimum absolute atomic E-state index is 0.0347. The third-order valence-electron chi connectivity index (χ3n) is 12.5. The number of hydrogen-bond acceptors (Lipinski definition) is 10. The van der Waals surface area contributed by atoms with Crippen LogP contribution in [0.2, 0.25) is 5.02 Å². The van der Waals surface area contributed by atoms with Gasteiger partial charge in [0.05, 0.1) is 35.5 Å². The molecule has 1 N–H and O–H groups in total. The van der Waals surface area contributed by atoms with Crippen LogP contribution >= 0.6 is 11.6 Å². The van der Waals surface area contributed by atoms with E-state index in [4.69, 9.17) is 26.2 Å². The molecular weight excluding hydrogens is 818 g/mol. The van der Waals surface area contributed by atoms with Crippen LogP contribution in [0.1, 0.15) is 92.2 Å². The Hall–Kier alpha value is -6.08. The fourth-order valence-electron chi connectivity index (χ4n) is 9.70. The average molecular weight is 867 g/mol. The Morgan fingerprint density at radius 1 is 1.06 bits per heavy atom. The molecular formula is C45H49ClF2N10O4. The topological polar surface area (TPSA) is 156 Å². The summed E-state index contributed by atoms with van der Waals surface area (Å²) in [7, 11) is 1.76. The van der Waals surface area contributed by atoms with Gasteiger partial charge in [0, 0.05) is 116 Å².